The van der Waals surface area contributed by atoms with Gasteiger partial charge in [-0.3, -0.25) is 4.79 Å². The number of benzene rings is 2. The molecule has 31 heavy (non-hydrogen) atoms. The molecule has 1 saturated heterocycles. The molecule has 1 aliphatic heterocycles. The van der Waals surface area contributed by atoms with Gasteiger partial charge >= 0.3 is 0 Å². The third-order valence-corrected chi connectivity index (χ3v) is 8.83. The molecule has 2 heterocycles. The minimum atomic E-state index is -3.77. The molecular formula is C21H22N4O3S3. The van der Waals surface area contributed by atoms with Crippen molar-refractivity contribution in [1.29, 1.82) is 0 Å². The van der Waals surface area contributed by atoms with Gasteiger partial charge in [0.1, 0.15) is 11.2 Å². The average molecular weight is 475 g/mol. The van der Waals surface area contributed by atoms with Crippen molar-refractivity contribution in [2.24, 2.45) is 0 Å². The van der Waals surface area contributed by atoms with Gasteiger partial charge in [-0.2, -0.15) is 4.31 Å². The van der Waals surface area contributed by atoms with E-state index in [-0.39, 0.29) is 23.1 Å². The van der Waals surface area contributed by atoms with E-state index in [0.29, 0.717) is 6.54 Å². The van der Waals surface area contributed by atoms with Gasteiger partial charge in [-0.05, 0) is 31.5 Å². The Morgan fingerprint density at radius 1 is 1.06 bits per heavy atom. The number of nitrogens with zero attached hydrogens (tertiary/aromatic N) is 4. The Bertz CT molecular complexity index is 1160. The summed E-state index contributed by atoms with van der Waals surface area (Å²) in [6, 6.07) is 16.1. The van der Waals surface area contributed by atoms with Crippen LogP contribution in [0.5, 0.6) is 0 Å². The van der Waals surface area contributed by atoms with Crippen molar-refractivity contribution in [2.75, 3.05) is 18.8 Å². The van der Waals surface area contributed by atoms with Crippen LogP contribution in [0, 0.1) is 13.8 Å². The van der Waals surface area contributed by atoms with Gasteiger partial charge in [-0.25, -0.2) is 8.42 Å². The molecule has 0 saturated carbocycles. The Hall–Kier alpha value is -2.27. The summed E-state index contributed by atoms with van der Waals surface area (Å²) < 4.78 is 29.0. The molecular weight excluding hydrogens is 452 g/mol. The summed E-state index contributed by atoms with van der Waals surface area (Å²) in [5.74, 6) is 0.0458. The highest BCUT2D eigenvalue weighted by Gasteiger charge is 2.43. The summed E-state index contributed by atoms with van der Waals surface area (Å²) in [4.78, 5) is 15.0. The third kappa shape index (κ3) is 4.67. The molecule has 0 radical (unpaired) electrons. The molecule has 1 aromatic heterocycles. The van der Waals surface area contributed by atoms with E-state index < -0.39 is 16.2 Å². The first-order valence-corrected chi connectivity index (χ1v) is 13.0. The van der Waals surface area contributed by atoms with E-state index in [4.69, 9.17) is 0 Å². The SMILES string of the molecule is Cc1ccc(S(=O)(=O)N2CCN(C(=O)CSc3nnc(C)s3)[C@@H]2c2ccccc2)cc1. The lowest BCUT2D eigenvalue weighted by atomic mass is 10.1. The lowest BCUT2D eigenvalue weighted by Gasteiger charge is -2.30. The van der Waals surface area contributed by atoms with E-state index in [1.807, 2.05) is 44.2 Å². The summed E-state index contributed by atoms with van der Waals surface area (Å²) in [6.07, 6.45) is -0.684. The maximum absolute atomic E-state index is 13.4. The number of hydrogen-bond acceptors (Lipinski definition) is 7. The highest BCUT2D eigenvalue weighted by molar-refractivity contribution is 8.01. The molecule has 10 heteroatoms. The topological polar surface area (TPSA) is 83.5 Å². The van der Waals surface area contributed by atoms with Crippen LogP contribution < -0.4 is 0 Å². The molecule has 3 aromatic rings. The van der Waals surface area contributed by atoms with E-state index in [1.165, 1.54) is 27.4 Å². The fraction of sp³-hybridized carbons (Fsp3) is 0.286. The number of aryl methyl sites for hydroxylation is 2. The number of aromatic nitrogens is 2. The van der Waals surface area contributed by atoms with Gasteiger partial charge in [-0.15, -0.1) is 10.2 Å². The van der Waals surface area contributed by atoms with Crippen LogP contribution in [-0.2, 0) is 14.8 Å². The molecule has 7 nitrogen and oxygen atoms in total. The van der Waals surface area contributed by atoms with Crippen LogP contribution in [-0.4, -0.2) is 52.6 Å². The lowest BCUT2D eigenvalue weighted by Crippen LogP contribution is -2.38. The fourth-order valence-corrected chi connectivity index (χ4v) is 6.75. The zero-order chi connectivity index (χ0) is 22.0. The van der Waals surface area contributed by atoms with Gasteiger partial charge in [0.2, 0.25) is 15.9 Å². The Balaban J connectivity index is 1.62. The largest absolute Gasteiger partial charge is 0.320 e. The Morgan fingerprint density at radius 2 is 1.77 bits per heavy atom. The number of hydrogen-bond donors (Lipinski definition) is 0. The van der Waals surface area contributed by atoms with Crippen molar-refractivity contribution in [1.82, 2.24) is 19.4 Å². The maximum atomic E-state index is 13.4. The second-order valence-corrected chi connectivity index (χ2v) is 11.5. The van der Waals surface area contributed by atoms with E-state index >= 15 is 0 Å². The van der Waals surface area contributed by atoms with Gasteiger partial charge in [-0.1, -0.05) is 71.1 Å². The minimum Gasteiger partial charge on any atom is -0.320 e. The summed E-state index contributed by atoms with van der Waals surface area (Å²) in [7, 11) is -3.77. The van der Waals surface area contributed by atoms with Gasteiger partial charge in [0.15, 0.2) is 4.34 Å². The van der Waals surface area contributed by atoms with Crippen molar-refractivity contribution >= 4 is 39.0 Å². The predicted octanol–water partition coefficient (Wildman–Crippen LogP) is 3.48. The Kier molecular flexibility index (Phi) is 6.42. The zero-order valence-electron chi connectivity index (χ0n) is 17.1. The monoisotopic (exact) mass is 474 g/mol. The molecule has 1 amide bonds. The van der Waals surface area contributed by atoms with E-state index in [0.717, 1.165) is 20.5 Å². The van der Waals surface area contributed by atoms with E-state index in [1.54, 1.807) is 29.2 Å². The van der Waals surface area contributed by atoms with Crippen LogP contribution in [0.1, 0.15) is 22.3 Å². The minimum absolute atomic E-state index is 0.131. The molecule has 0 N–H and O–H groups in total. The molecule has 2 aromatic carbocycles. The molecule has 0 spiro atoms. The fourth-order valence-electron chi connectivity index (χ4n) is 3.48. The van der Waals surface area contributed by atoms with Crippen LogP contribution in [0.15, 0.2) is 63.8 Å². The normalized spacial score (nSPS) is 17.2. The van der Waals surface area contributed by atoms with Crippen LogP contribution in [0.25, 0.3) is 0 Å². The highest BCUT2D eigenvalue weighted by Crippen LogP contribution is 2.36. The first kappa shape index (κ1) is 21.9. The Labute approximate surface area is 190 Å². The second kappa shape index (κ2) is 9.07. The summed E-state index contributed by atoms with van der Waals surface area (Å²) >= 11 is 2.76. The van der Waals surface area contributed by atoms with Crippen LogP contribution >= 0.6 is 23.1 Å². The second-order valence-electron chi connectivity index (χ2n) is 7.18. The number of thioether (sulfide) groups is 1. The summed E-state index contributed by atoms with van der Waals surface area (Å²) in [5, 5.41) is 8.86. The quantitative estimate of drug-likeness (QED) is 0.509. The number of sulfonamides is 1. The lowest BCUT2D eigenvalue weighted by molar-refractivity contribution is -0.130. The summed E-state index contributed by atoms with van der Waals surface area (Å²) in [5.41, 5.74) is 1.75. The first-order chi connectivity index (χ1) is 14.9. The average Bonchev–Trinajstić information content (AvgIpc) is 3.40. The van der Waals surface area contributed by atoms with E-state index in [2.05, 4.69) is 10.2 Å². The first-order valence-electron chi connectivity index (χ1n) is 9.72. The number of carbonyl (C=O) groups is 1. The van der Waals surface area contributed by atoms with Crippen molar-refractivity contribution in [3.05, 3.63) is 70.7 Å². The van der Waals surface area contributed by atoms with Gasteiger partial charge in [0.05, 0.1) is 10.6 Å². The van der Waals surface area contributed by atoms with Gasteiger partial charge in [0, 0.05) is 13.1 Å². The van der Waals surface area contributed by atoms with Crippen molar-refractivity contribution in [3.63, 3.8) is 0 Å². The number of amides is 1. The summed E-state index contributed by atoms with van der Waals surface area (Å²) in [6.45, 7) is 4.35. The molecule has 1 atom stereocenters. The molecule has 4 rings (SSSR count). The van der Waals surface area contributed by atoms with Crippen molar-refractivity contribution in [3.8, 4) is 0 Å². The molecule has 1 fully saturated rings. The number of carbonyl (C=O) groups excluding carboxylic acids is 1. The standard InChI is InChI=1S/C21H22N4O3S3/c1-15-8-10-18(11-9-15)31(27,28)25-13-12-24(20(25)17-6-4-3-5-7-17)19(26)14-29-21-23-22-16(2)30-21/h3-11,20H,12-14H2,1-2H3/t20-/m0/s1. The van der Waals surface area contributed by atoms with Crippen LogP contribution in [0.4, 0.5) is 0 Å². The van der Waals surface area contributed by atoms with Crippen LogP contribution in [0.2, 0.25) is 0 Å². The third-order valence-electron chi connectivity index (χ3n) is 5.00. The van der Waals surface area contributed by atoms with Crippen molar-refractivity contribution < 1.29 is 13.2 Å². The predicted molar refractivity (Wildman–Crippen MR) is 121 cm³/mol. The Morgan fingerprint density at radius 3 is 2.42 bits per heavy atom. The van der Waals surface area contributed by atoms with Crippen molar-refractivity contribution in [2.45, 2.75) is 29.2 Å². The van der Waals surface area contributed by atoms with Crippen LogP contribution in [0.3, 0.4) is 0 Å². The smallest absolute Gasteiger partial charge is 0.245 e. The van der Waals surface area contributed by atoms with E-state index in [9.17, 15) is 13.2 Å². The van der Waals surface area contributed by atoms with Gasteiger partial charge in [0.25, 0.3) is 0 Å². The van der Waals surface area contributed by atoms with Gasteiger partial charge < -0.3 is 4.90 Å². The molecule has 0 aliphatic carbocycles. The molecule has 0 unspecified atom stereocenters. The highest BCUT2D eigenvalue weighted by atomic mass is 32.2. The maximum Gasteiger partial charge on any atom is 0.245 e. The molecule has 0 bridgehead atoms. The number of rotatable bonds is 6. The molecule has 162 valence electrons. The molecule has 1 aliphatic rings. The zero-order valence-corrected chi connectivity index (χ0v) is 19.6.